The quantitative estimate of drug-likeness (QED) is 0.173. The fourth-order valence-electron chi connectivity index (χ4n) is 4.08. The number of hydrogen-bond acceptors (Lipinski definition) is 5. The molecule has 0 radical (unpaired) electrons. The smallest absolute Gasteiger partial charge is 0.374 e. The van der Waals surface area contributed by atoms with Crippen molar-refractivity contribution in [2.75, 3.05) is 26.4 Å². The van der Waals surface area contributed by atoms with Gasteiger partial charge in [-0.1, -0.05) is 46.9 Å². The standard InChI is InChI=1S/C26H32Cl3N3O4Si/c1-5-34-37(35-6-2,36-7-3)16-8-15-30-26(33)24-18(4)25(19-9-11-20(27)12-10-19)32(31-24)23-14-13-21(28)17-22(23)29/h9-14,17H,5-8,15-16H2,1-4H3,(H,30,33). The number of carbonyl (C=O) groups excluding carboxylic acids is 1. The molecule has 0 bridgehead atoms. The molecule has 2 aromatic carbocycles. The van der Waals surface area contributed by atoms with Gasteiger partial charge in [-0.05, 0) is 64.4 Å². The van der Waals surface area contributed by atoms with E-state index in [2.05, 4.69) is 10.4 Å². The lowest BCUT2D eigenvalue weighted by molar-refractivity contribution is 0.0704. The van der Waals surface area contributed by atoms with Gasteiger partial charge >= 0.3 is 8.80 Å². The van der Waals surface area contributed by atoms with Crippen LogP contribution in [0, 0.1) is 6.92 Å². The normalized spacial score (nSPS) is 11.6. The average molecular weight is 585 g/mol. The van der Waals surface area contributed by atoms with Crippen LogP contribution in [0.2, 0.25) is 21.1 Å². The van der Waals surface area contributed by atoms with Crippen LogP contribution in [0.4, 0.5) is 0 Å². The Labute approximate surface area is 234 Å². The molecule has 200 valence electrons. The summed E-state index contributed by atoms with van der Waals surface area (Å²) in [5.74, 6) is -0.284. The molecule has 0 aliphatic rings. The van der Waals surface area contributed by atoms with Crippen LogP contribution in [-0.2, 0) is 13.3 Å². The summed E-state index contributed by atoms with van der Waals surface area (Å²) in [7, 11) is -2.77. The van der Waals surface area contributed by atoms with Crippen molar-refractivity contribution >= 4 is 49.5 Å². The number of benzene rings is 2. The van der Waals surface area contributed by atoms with Gasteiger partial charge < -0.3 is 18.6 Å². The van der Waals surface area contributed by atoms with Crippen molar-refractivity contribution in [3.63, 3.8) is 0 Å². The van der Waals surface area contributed by atoms with Crippen molar-refractivity contribution < 1.29 is 18.1 Å². The molecular formula is C26H32Cl3N3O4Si. The zero-order valence-corrected chi connectivity index (χ0v) is 24.7. The van der Waals surface area contributed by atoms with Crippen molar-refractivity contribution in [3.05, 3.63) is 68.8 Å². The molecule has 0 spiro atoms. The van der Waals surface area contributed by atoms with Crippen LogP contribution in [0.5, 0.6) is 0 Å². The molecular weight excluding hydrogens is 553 g/mol. The van der Waals surface area contributed by atoms with E-state index >= 15 is 0 Å². The molecule has 3 rings (SSSR count). The van der Waals surface area contributed by atoms with Gasteiger partial charge in [0.15, 0.2) is 5.69 Å². The van der Waals surface area contributed by atoms with Crippen molar-refractivity contribution in [1.29, 1.82) is 0 Å². The molecule has 1 amide bonds. The van der Waals surface area contributed by atoms with Crippen molar-refractivity contribution in [3.8, 4) is 16.9 Å². The number of amides is 1. The largest absolute Gasteiger partial charge is 0.500 e. The van der Waals surface area contributed by atoms with Crippen molar-refractivity contribution in [2.45, 2.75) is 40.2 Å². The Morgan fingerprint density at radius 1 is 0.946 bits per heavy atom. The third-order valence-corrected chi connectivity index (χ3v) is 9.57. The van der Waals surface area contributed by atoms with Gasteiger partial charge in [-0.3, -0.25) is 4.79 Å². The molecule has 3 aromatic rings. The zero-order chi connectivity index (χ0) is 27.0. The number of nitrogens with zero attached hydrogens (tertiary/aromatic N) is 2. The molecule has 37 heavy (non-hydrogen) atoms. The van der Waals surface area contributed by atoms with Crippen LogP contribution in [0.25, 0.3) is 16.9 Å². The molecule has 0 aliphatic heterocycles. The van der Waals surface area contributed by atoms with Crippen molar-refractivity contribution in [2.24, 2.45) is 0 Å². The van der Waals surface area contributed by atoms with E-state index in [-0.39, 0.29) is 5.91 Å². The molecule has 11 heteroatoms. The molecule has 0 fully saturated rings. The maximum Gasteiger partial charge on any atom is 0.500 e. The number of aromatic nitrogens is 2. The summed E-state index contributed by atoms with van der Waals surface area (Å²) in [5.41, 5.74) is 3.22. The van der Waals surface area contributed by atoms with Gasteiger partial charge in [0.2, 0.25) is 0 Å². The minimum absolute atomic E-state index is 0.284. The predicted molar refractivity (Wildman–Crippen MR) is 151 cm³/mol. The summed E-state index contributed by atoms with van der Waals surface area (Å²) in [4.78, 5) is 13.2. The molecule has 0 atom stereocenters. The minimum atomic E-state index is -2.77. The first-order chi connectivity index (χ1) is 17.7. The Morgan fingerprint density at radius 3 is 2.11 bits per heavy atom. The Balaban J connectivity index is 1.86. The van der Waals surface area contributed by atoms with Gasteiger partial charge in [-0.15, -0.1) is 0 Å². The summed E-state index contributed by atoms with van der Waals surface area (Å²) in [6, 6.07) is 13.1. The van der Waals surface area contributed by atoms with E-state index in [1.807, 2.05) is 39.8 Å². The summed E-state index contributed by atoms with van der Waals surface area (Å²) in [6.45, 7) is 9.58. The third kappa shape index (κ3) is 7.35. The summed E-state index contributed by atoms with van der Waals surface area (Å²) >= 11 is 18.7. The topological polar surface area (TPSA) is 74.6 Å². The molecule has 1 heterocycles. The lowest BCUT2D eigenvalue weighted by Gasteiger charge is -2.28. The van der Waals surface area contributed by atoms with E-state index in [0.717, 1.165) is 11.3 Å². The molecule has 0 unspecified atom stereocenters. The highest BCUT2D eigenvalue weighted by Crippen LogP contribution is 2.33. The Bertz CT molecular complexity index is 1190. The number of carbonyl (C=O) groups is 1. The van der Waals surface area contributed by atoms with E-state index < -0.39 is 8.80 Å². The maximum atomic E-state index is 13.2. The highest BCUT2D eigenvalue weighted by molar-refractivity contribution is 6.60. The lowest BCUT2D eigenvalue weighted by atomic mass is 10.1. The second-order valence-electron chi connectivity index (χ2n) is 8.18. The SMILES string of the molecule is CCO[Si](CCCNC(=O)c1nn(-c2ccc(Cl)cc2Cl)c(-c2ccc(Cl)cc2)c1C)(OCC)OCC. The molecule has 1 aromatic heterocycles. The number of rotatable bonds is 13. The second-order valence-corrected chi connectivity index (χ2v) is 12.2. The second kappa shape index (κ2) is 13.8. The van der Waals surface area contributed by atoms with Crippen LogP contribution < -0.4 is 5.32 Å². The number of halogens is 3. The van der Waals surface area contributed by atoms with Gasteiger partial charge in [0.1, 0.15) is 0 Å². The summed E-state index contributed by atoms with van der Waals surface area (Å²) in [5, 5.41) is 9.18. The molecule has 0 aliphatic carbocycles. The third-order valence-electron chi connectivity index (χ3n) is 5.63. The predicted octanol–water partition coefficient (Wildman–Crippen LogP) is 6.98. The first-order valence-electron chi connectivity index (χ1n) is 12.3. The van der Waals surface area contributed by atoms with Crippen LogP contribution in [0.15, 0.2) is 42.5 Å². The fourth-order valence-corrected chi connectivity index (χ4v) is 7.30. The monoisotopic (exact) mass is 583 g/mol. The van der Waals surface area contributed by atoms with Crippen LogP contribution in [-0.4, -0.2) is 50.9 Å². The first-order valence-corrected chi connectivity index (χ1v) is 15.3. The van der Waals surface area contributed by atoms with Gasteiger partial charge in [0.05, 0.1) is 16.4 Å². The molecule has 0 saturated carbocycles. The van der Waals surface area contributed by atoms with Gasteiger partial charge in [-0.2, -0.15) is 5.10 Å². The van der Waals surface area contributed by atoms with Gasteiger partial charge in [-0.25, -0.2) is 4.68 Å². The van der Waals surface area contributed by atoms with E-state index in [1.165, 1.54) is 0 Å². The van der Waals surface area contributed by atoms with Gasteiger partial charge in [0.25, 0.3) is 5.91 Å². The molecule has 1 N–H and O–H groups in total. The average Bonchev–Trinajstić information content (AvgIpc) is 3.19. The maximum absolute atomic E-state index is 13.2. The highest BCUT2D eigenvalue weighted by Gasteiger charge is 2.39. The lowest BCUT2D eigenvalue weighted by Crippen LogP contribution is -2.46. The number of nitrogens with one attached hydrogen (secondary N) is 1. The van der Waals surface area contributed by atoms with E-state index in [1.54, 1.807) is 35.0 Å². The highest BCUT2D eigenvalue weighted by atomic mass is 35.5. The zero-order valence-electron chi connectivity index (χ0n) is 21.4. The first kappa shape index (κ1) is 29.6. The number of hydrogen-bond donors (Lipinski definition) is 1. The van der Waals surface area contributed by atoms with Crippen LogP contribution in [0.1, 0.15) is 43.2 Å². The van der Waals surface area contributed by atoms with E-state index in [9.17, 15) is 4.79 Å². The van der Waals surface area contributed by atoms with Crippen LogP contribution >= 0.6 is 34.8 Å². The Kier molecular flexibility index (Phi) is 11.0. The summed E-state index contributed by atoms with van der Waals surface area (Å²) in [6.07, 6.45) is 0.644. The van der Waals surface area contributed by atoms with Crippen LogP contribution in [0.3, 0.4) is 0 Å². The van der Waals surface area contributed by atoms with Crippen molar-refractivity contribution in [1.82, 2.24) is 15.1 Å². The molecule has 7 nitrogen and oxygen atoms in total. The Hall–Kier alpha value is -1.91. The van der Waals surface area contributed by atoms with E-state index in [4.69, 9.17) is 48.1 Å². The fraction of sp³-hybridized carbons (Fsp3) is 0.385. The van der Waals surface area contributed by atoms with E-state index in [0.29, 0.717) is 70.8 Å². The van der Waals surface area contributed by atoms with Gasteiger partial charge in [0, 0.05) is 53.6 Å². The minimum Gasteiger partial charge on any atom is -0.374 e. The Morgan fingerprint density at radius 2 is 1.54 bits per heavy atom. The summed E-state index contributed by atoms with van der Waals surface area (Å²) < 4.78 is 19.4. The molecule has 0 saturated heterocycles.